The van der Waals surface area contributed by atoms with Crippen molar-refractivity contribution in [3.8, 4) is 11.5 Å². The van der Waals surface area contributed by atoms with Gasteiger partial charge in [-0.15, -0.1) is 0 Å². The maximum atomic E-state index is 13.4. The zero-order chi connectivity index (χ0) is 21.6. The lowest BCUT2D eigenvalue weighted by Gasteiger charge is -2.26. The van der Waals surface area contributed by atoms with Crippen LogP contribution in [0.3, 0.4) is 0 Å². The normalized spacial score (nSPS) is 18.9. The van der Waals surface area contributed by atoms with Crippen LogP contribution >= 0.6 is 0 Å². The van der Waals surface area contributed by atoms with Crippen molar-refractivity contribution in [2.24, 2.45) is 0 Å². The fourth-order valence-corrected chi connectivity index (χ4v) is 4.01. The monoisotopic (exact) mass is 410 g/mol. The van der Waals surface area contributed by atoms with Crippen LogP contribution < -0.4 is 9.47 Å². The number of allylic oxidation sites excluding steroid dienone is 2. The molecule has 1 aliphatic rings. The van der Waals surface area contributed by atoms with Gasteiger partial charge in [0.05, 0.1) is 14.2 Å². The van der Waals surface area contributed by atoms with Gasteiger partial charge in [0, 0.05) is 11.1 Å². The predicted molar refractivity (Wildman–Crippen MR) is 125 cm³/mol. The first-order valence-electron chi connectivity index (χ1n) is 10.4. The number of ether oxygens (including phenoxy) is 2. The zero-order valence-electron chi connectivity index (χ0n) is 17.9. The zero-order valence-corrected chi connectivity index (χ0v) is 17.9. The van der Waals surface area contributed by atoms with Crippen LogP contribution in [0.2, 0.25) is 0 Å². The maximum absolute atomic E-state index is 13.4. The Hall–Kier alpha value is -3.59. The van der Waals surface area contributed by atoms with Crippen molar-refractivity contribution in [3.63, 3.8) is 0 Å². The summed E-state index contributed by atoms with van der Waals surface area (Å²) < 4.78 is 10.5. The van der Waals surface area contributed by atoms with E-state index >= 15 is 0 Å². The van der Waals surface area contributed by atoms with Crippen molar-refractivity contribution in [2.45, 2.75) is 18.8 Å². The van der Waals surface area contributed by atoms with Gasteiger partial charge in [-0.3, -0.25) is 4.79 Å². The van der Waals surface area contributed by atoms with E-state index in [2.05, 4.69) is 24.3 Å². The highest BCUT2D eigenvalue weighted by Crippen LogP contribution is 2.38. The van der Waals surface area contributed by atoms with Crippen molar-refractivity contribution in [1.82, 2.24) is 0 Å². The van der Waals surface area contributed by atoms with Crippen molar-refractivity contribution in [1.29, 1.82) is 0 Å². The molecule has 3 aromatic rings. The number of benzene rings is 3. The number of rotatable bonds is 5. The van der Waals surface area contributed by atoms with Crippen LogP contribution in [0.5, 0.6) is 11.5 Å². The quantitative estimate of drug-likeness (QED) is 0.462. The molecular weight excluding hydrogens is 384 g/mol. The fraction of sp³-hybridized carbons (Fsp3) is 0.179. The van der Waals surface area contributed by atoms with Gasteiger partial charge in [-0.2, -0.15) is 0 Å². The van der Waals surface area contributed by atoms with Crippen LogP contribution in [0.15, 0.2) is 90.0 Å². The molecule has 1 fully saturated rings. The molecule has 0 unspecified atom stereocenters. The van der Waals surface area contributed by atoms with E-state index < -0.39 is 0 Å². The summed E-state index contributed by atoms with van der Waals surface area (Å²) in [6.07, 6.45) is 5.49. The lowest BCUT2D eigenvalue weighted by atomic mass is 9.77. The topological polar surface area (TPSA) is 35.5 Å². The van der Waals surface area contributed by atoms with E-state index in [9.17, 15) is 4.79 Å². The van der Waals surface area contributed by atoms with Crippen molar-refractivity contribution in [2.75, 3.05) is 14.2 Å². The summed E-state index contributed by atoms with van der Waals surface area (Å²) in [5, 5.41) is 0. The standard InChI is InChI=1S/C28H26O3/c1-30-26-12-8-20(9-13-26)16-24-18-23(22-6-4-3-5-7-22)19-25(28(24)29)17-21-10-14-27(31-2)15-11-21/h3-17,23H,18-19H2,1-2H3/b24-16+,25-17+. The van der Waals surface area contributed by atoms with Crippen LogP contribution in [0, 0.1) is 0 Å². The van der Waals surface area contributed by atoms with Crippen molar-refractivity contribution in [3.05, 3.63) is 107 Å². The van der Waals surface area contributed by atoms with Crippen LogP contribution in [0.4, 0.5) is 0 Å². The Balaban J connectivity index is 1.70. The molecule has 0 amide bonds. The van der Waals surface area contributed by atoms with E-state index in [4.69, 9.17) is 9.47 Å². The van der Waals surface area contributed by atoms with Crippen LogP contribution in [-0.4, -0.2) is 20.0 Å². The van der Waals surface area contributed by atoms with Crippen LogP contribution in [0.1, 0.15) is 35.4 Å². The third-order valence-electron chi connectivity index (χ3n) is 5.70. The van der Waals surface area contributed by atoms with Gasteiger partial charge in [-0.05, 0) is 71.9 Å². The summed E-state index contributed by atoms with van der Waals surface area (Å²) in [5.74, 6) is 2.01. The van der Waals surface area contributed by atoms with Crippen LogP contribution in [0.25, 0.3) is 12.2 Å². The second-order valence-electron chi connectivity index (χ2n) is 7.73. The number of hydrogen-bond acceptors (Lipinski definition) is 3. The molecule has 0 aromatic heterocycles. The van der Waals surface area contributed by atoms with E-state index in [0.717, 1.165) is 46.6 Å². The smallest absolute Gasteiger partial charge is 0.185 e. The molecule has 1 saturated carbocycles. The van der Waals surface area contributed by atoms with E-state index in [1.165, 1.54) is 5.56 Å². The molecule has 0 radical (unpaired) electrons. The number of hydrogen-bond donors (Lipinski definition) is 0. The molecular formula is C28H26O3. The SMILES string of the molecule is COc1ccc(/C=C2\CC(c3ccccc3)C/C(=C\c3ccc(OC)cc3)C2=O)cc1. The van der Waals surface area contributed by atoms with Gasteiger partial charge < -0.3 is 9.47 Å². The third kappa shape index (κ3) is 4.95. The van der Waals surface area contributed by atoms with Gasteiger partial charge in [0.15, 0.2) is 5.78 Å². The maximum Gasteiger partial charge on any atom is 0.185 e. The molecule has 156 valence electrons. The van der Waals surface area contributed by atoms with Crippen LogP contribution in [-0.2, 0) is 4.79 Å². The summed E-state index contributed by atoms with van der Waals surface area (Å²) in [4.78, 5) is 13.4. The number of methoxy groups -OCH3 is 2. The molecule has 0 saturated heterocycles. The van der Waals surface area contributed by atoms with E-state index in [0.29, 0.717) is 0 Å². The number of carbonyl (C=O) groups is 1. The Labute approximate surface area is 183 Å². The minimum Gasteiger partial charge on any atom is -0.497 e. The molecule has 1 aliphatic carbocycles. The fourth-order valence-electron chi connectivity index (χ4n) is 4.01. The molecule has 0 aliphatic heterocycles. The van der Waals surface area contributed by atoms with Gasteiger partial charge in [-0.25, -0.2) is 0 Å². The molecule has 0 spiro atoms. The molecule has 4 rings (SSSR count). The first-order valence-corrected chi connectivity index (χ1v) is 10.4. The minimum absolute atomic E-state index is 0.124. The number of ketones is 1. The summed E-state index contributed by atoms with van der Waals surface area (Å²) in [7, 11) is 3.30. The van der Waals surface area contributed by atoms with Gasteiger partial charge in [0.1, 0.15) is 11.5 Å². The Bertz CT molecular complexity index is 1020. The molecule has 0 heterocycles. The largest absolute Gasteiger partial charge is 0.497 e. The first-order chi connectivity index (χ1) is 15.2. The van der Waals surface area contributed by atoms with Crippen molar-refractivity contribution < 1.29 is 14.3 Å². The first kappa shape index (κ1) is 20.7. The minimum atomic E-state index is 0.124. The Morgan fingerprint density at radius 2 is 1.13 bits per heavy atom. The Kier molecular flexibility index (Phi) is 6.32. The highest BCUT2D eigenvalue weighted by molar-refractivity contribution is 6.14. The Morgan fingerprint density at radius 3 is 1.55 bits per heavy atom. The van der Waals surface area contributed by atoms with Gasteiger partial charge in [-0.1, -0.05) is 54.6 Å². The summed E-state index contributed by atoms with van der Waals surface area (Å²) in [5.41, 5.74) is 4.94. The third-order valence-corrected chi connectivity index (χ3v) is 5.70. The highest BCUT2D eigenvalue weighted by atomic mass is 16.5. The van der Waals surface area contributed by atoms with Gasteiger partial charge >= 0.3 is 0 Å². The number of Topliss-reactive ketones (excluding diaryl/α,β-unsaturated/α-hetero) is 1. The average molecular weight is 411 g/mol. The summed E-state index contributed by atoms with van der Waals surface area (Å²) in [6.45, 7) is 0. The number of carbonyl (C=O) groups excluding carboxylic acids is 1. The predicted octanol–water partition coefficient (Wildman–Crippen LogP) is 6.32. The molecule has 3 heteroatoms. The molecule has 3 aromatic carbocycles. The molecule has 31 heavy (non-hydrogen) atoms. The molecule has 0 atom stereocenters. The molecule has 0 N–H and O–H groups in total. The van der Waals surface area contributed by atoms with E-state index in [1.54, 1.807) is 14.2 Å². The van der Waals surface area contributed by atoms with Gasteiger partial charge in [0.2, 0.25) is 0 Å². The average Bonchev–Trinajstić information content (AvgIpc) is 2.83. The van der Waals surface area contributed by atoms with E-state index in [1.807, 2.05) is 66.7 Å². The lowest BCUT2D eigenvalue weighted by Crippen LogP contribution is -2.19. The van der Waals surface area contributed by atoms with Gasteiger partial charge in [0.25, 0.3) is 0 Å². The van der Waals surface area contributed by atoms with Crippen molar-refractivity contribution >= 4 is 17.9 Å². The highest BCUT2D eigenvalue weighted by Gasteiger charge is 2.28. The summed E-state index contributed by atoms with van der Waals surface area (Å²) in [6, 6.07) is 26.1. The second-order valence-corrected chi connectivity index (χ2v) is 7.73. The van der Waals surface area contributed by atoms with E-state index in [-0.39, 0.29) is 11.7 Å². The Morgan fingerprint density at radius 1 is 0.677 bits per heavy atom. The molecule has 3 nitrogen and oxygen atoms in total. The summed E-state index contributed by atoms with van der Waals surface area (Å²) >= 11 is 0. The second kappa shape index (κ2) is 9.48. The molecule has 0 bridgehead atoms. The lowest BCUT2D eigenvalue weighted by molar-refractivity contribution is -0.113.